The van der Waals surface area contributed by atoms with Gasteiger partial charge in [0.15, 0.2) is 5.78 Å². The molecule has 2 heterocycles. The predicted octanol–water partition coefficient (Wildman–Crippen LogP) is 1.75. The normalized spacial score (nSPS) is 10.5. The molecule has 0 radical (unpaired) electrons. The second kappa shape index (κ2) is 3.73. The first kappa shape index (κ1) is 9.71. The van der Waals surface area contributed by atoms with E-state index < -0.39 is 0 Å². The molecule has 0 aromatic carbocycles. The number of Topliss-reactive ketones (excluding diaryl/α,β-unsaturated/α-hetero) is 1. The molecule has 0 unspecified atom stereocenters. The van der Waals surface area contributed by atoms with Crippen molar-refractivity contribution in [3.05, 3.63) is 41.6 Å². The minimum Gasteiger partial charge on any atom is -0.472 e. The van der Waals surface area contributed by atoms with Gasteiger partial charge in [-0.25, -0.2) is 0 Å². The summed E-state index contributed by atoms with van der Waals surface area (Å²) < 4.78 is 6.60. The summed E-state index contributed by atoms with van der Waals surface area (Å²) in [6.07, 6.45) is 3.48. The second-order valence-electron chi connectivity index (χ2n) is 3.53. The lowest BCUT2D eigenvalue weighted by molar-refractivity contribution is 0.0987. The monoisotopic (exact) mass is 204 g/mol. The Morgan fingerprint density at radius 1 is 1.60 bits per heavy atom. The number of aryl methyl sites for hydroxylation is 2. The molecule has 0 bridgehead atoms. The van der Waals surface area contributed by atoms with Crippen LogP contribution in [-0.4, -0.2) is 15.6 Å². The highest BCUT2D eigenvalue weighted by Gasteiger charge is 2.12. The minimum atomic E-state index is 0.0140. The Morgan fingerprint density at radius 2 is 2.40 bits per heavy atom. The number of hydrogen-bond donors (Lipinski definition) is 0. The maximum absolute atomic E-state index is 11.8. The molecule has 0 aliphatic heterocycles. The summed E-state index contributed by atoms with van der Waals surface area (Å²) in [5.74, 6) is 0.0140. The van der Waals surface area contributed by atoms with Gasteiger partial charge in [-0.3, -0.25) is 9.48 Å². The van der Waals surface area contributed by atoms with Gasteiger partial charge >= 0.3 is 0 Å². The molecule has 15 heavy (non-hydrogen) atoms. The largest absolute Gasteiger partial charge is 0.472 e. The molecule has 2 rings (SSSR count). The quantitative estimate of drug-likeness (QED) is 0.715. The summed E-state index contributed by atoms with van der Waals surface area (Å²) >= 11 is 0. The summed E-state index contributed by atoms with van der Waals surface area (Å²) in [4.78, 5) is 11.8. The number of aromatic nitrogens is 2. The number of rotatable bonds is 3. The molecule has 4 nitrogen and oxygen atoms in total. The van der Waals surface area contributed by atoms with Crippen LogP contribution in [0, 0.1) is 6.92 Å². The van der Waals surface area contributed by atoms with Gasteiger partial charge in [0.1, 0.15) is 5.69 Å². The second-order valence-corrected chi connectivity index (χ2v) is 3.53. The van der Waals surface area contributed by atoms with Gasteiger partial charge in [0.25, 0.3) is 0 Å². The standard InChI is InChI=1S/C11H12N2O2/c1-8-5-10(12-13(8)2)11(14)6-9-3-4-15-7-9/h3-5,7H,6H2,1-2H3. The summed E-state index contributed by atoms with van der Waals surface area (Å²) in [5, 5.41) is 4.13. The molecule has 78 valence electrons. The molecule has 2 aromatic heterocycles. The Hall–Kier alpha value is -1.84. The average molecular weight is 204 g/mol. The molecule has 0 atom stereocenters. The average Bonchev–Trinajstić information content (AvgIpc) is 2.78. The first-order valence-electron chi connectivity index (χ1n) is 4.72. The van der Waals surface area contributed by atoms with Crippen LogP contribution in [0.3, 0.4) is 0 Å². The van der Waals surface area contributed by atoms with Gasteiger partial charge < -0.3 is 4.42 Å². The van der Waals surface area contributed by atoms with Gasteiger partial charge in [0.05, 0.1) is 12.5 Å². The molecule has 0 aliphatic carbocycles. The SMILES string of the molecule is Cc1cc(C(=O)Cc2ccoc2)nn1C. The third-order valence-corrected chi connectivity index (χ3v) is 2.34. The molecule has 2 aromatic rings. The third-order valence-electron chi connectivity index (χ3n) is 2.34. The highest BCUT2D eigenvalue weighted by molar-refractivity contribution is 5.95. The molecular weight excluding hydrogens is 192 g/mol. The zero-order chi connectivity index (χ0) is 10.8. The van der Waals surface area contributed by atoms with Crippen molar-refractivity contribution in [2.75, 3.05) is 0 Å². The van der Waals surface area contributed by atoms with Crippen molar-refractivity contribution in [2.24, 2.45) is 7.05 Å². The number of carbonyl (C=O) groups excluding carboxylic acids is 1. The third kappa shape index (κ3) is 1.98. The molecule has 0 amide bonds. The van der Waals surface area contributed by atoms with Crippen LogP contribution in [0.4, 0.5) is 0 Å². The van der Waals surface area contributed by atoms with Gasteiger partial charge in [-0.2, -0.15) is 5.10 Å². The van der Waals surface area contributed by atoms with Crippen molar-refractivity contribution < 1.29 is 9.21 Å². The van der Waals surface area contributed by atoms with E-state index in [1.54, 1.807) is 29.3 Å². The lowest BCUT2D eigenvalue weighted by atomic mass is 10.1. The van der Waals surface area contributed by atoms with E-state index >= 15 is 0 Å². The smallest absolute Gasteiger partial charge is 0.187 e. The highest BCUT2D eigenvalue weighted by atomic mass is 16.3. The number of hydrogen-bond acceptors (Lipinski definition) is 3. The lowest BCUT2D eigenvalue weighted by Crippen LogP contribution is -2.04. The number of carbonyl (C=O) groups is 1. The highest BCUT2D eigenvalue weighted by Crippen LogP contribution is 2.08. The fourth-order valence-electron chi connectivity index (χ4n) is 1.37. The van der Waals surface area contributed by atoms with E-state index in [0.29, 0.717) is 12.1 Å². The first-order valence-corrected chi connectivity index (χ1v) is 4.72. The lowest BCUT2D eigenvalue weighted by Gasteiger charge is -1.93. The Morgan fingerprint density at radius 3 is 2.93 bits per heavy atom. The molecule has 4 heteroatoms. The van der Waals surface area contributed by atoms with Crippen LogP contribution in [0.2, 0.25) is 0 Å². The van der Waals surface area contributed by atoms with Crippen molar-refractivity contribution >= 4 is 5.78 Å². The van der Waals surface area contributed by atoms with Crippen LogP contribution in [-0.2, 0) is 13.5 Å². The Labute approximate surface area is 87.5 Å². The van der Waals surface area contributed by atoms with Crippen LogP contribution in [0.5, 0.6) is 0 Å². The Balaban J connectivity index is 2.15. The van der Waals surface area contributed by atoms with Gasteiger partial charge in [-0.1, -0.05) is 0 Å². The minimum absolute atomic E-state index is 0.0140. The number of furan rings is 1. The van der Waals surface area contributed by atoms with Crippen molar-refractivity contribution in [2.45, 2.75) is 13.3 Å². The molecule has 0 spiro atoms. The fraction of sp³-hybridized carbons (Fsp3) is 0.273. The van der Waals surface area contributed by atoms with E-state index in [0.717, 1.165) is 11.3 Å². The van der Waals surface area contributed by atoms with Crippen molar-refractivity contribution in [3.8, 4) is 0 Å². The Kier molecular flexibility index (Phi) is 2.41. The fourth-order valence-corrected chi connectivity index (χ4v) is 1.37. The molecule has 0 saturated heterocycles. The van der Waals surface area contributed by atoms with E-state index in [4.69, 9.17) is 4.42 Å². The molecule has 0 fully saturated rings. The van der Waals surface area contributed by atoms with Gasteiger partial charge in [-0.05, 0) is 24.6 Å². The number of nitrogens with zero attached hydrogens (tertiary/aromatic N) is 2. The molecule has 0 N–H and O–H groups in total. The zero-order valence-corrected chi connectivity index (χ0v) is 8.73. The zero-order valence-electron chi connectivity index (χ0n) is 8.73. The van der Waals surface area contributed by atoms with Crippen LogP contribution in [0.15, 0.2) is 29.1 Å². The predicted molar refractivity (Wildman–Crippen MR) is 54.7 cm³/mol. The summed E-state index contributed by atoms with van der Waals surface area (Å²) in [6.45, 7) is 1.92. The van der Waals surface area contributed by atoms with E-state index in [1.165, 1.54) is 0 Å². The Bertz CT molecular complexity index is 449. The first-order chi connectivity index (χ1) is 7.16. The van der Waals surface area contributed by atoms with Crippen molar-refractivity contribution in [1.29, 1.82) is 0 Å². The molecule has 0 aliphatic rings. The van der Waals surface area contributed by atoms with Crippen LogP contribution < -0.4 is 0 Å². The topological polar surface area (TPSA) is 48.0 Å². The maximum Gasteiger partial charge on any atom is 0.187 e. The molecule has 0 saturated carbocycles. The van der Waals surface area contributed by atoms with Crippen LogP contribution in [0.1, 0.15) is 21.7 Å². The van der Waals surface area contributed by atoms with Gasteiger partial charge in [0.2, 0.25) is 0 Å². The maximum atomic E-state index is 11.8. The van der Waals surface area contributed by atoms with E-state index in [-0.39, 0.29) is 5.78 Å². The van der Waals surface area contributed by atoms with Gasteiger partial charge in [0, 0.05) is 19.2 Å². The van der Waals surface area contributed by atoms with E-state index in [9.17, 15) is 4.79 Å². The summed E-state index contributed by atoms with van der Waals surface area (Å²) in [7, 11) is 1.82. The van der Waals surface area contributed by atoms with Crippen LogP contribution in [0.25, 0.3) is 0 Å². The van der Waals surface area contributed by atoms with E-state index in [2.05, 4.69) is 5.10 Å². The molecular formula is C11H12N2O2. The van der Waals surface area contributed by atoms with E-state index in [1.807, 2.05) is 14.0 Å². The van der Waals surface area contributed by atoms with Crippen molar-refractivity contribution in [3.63, 3.8) is 0 Å². The van der Waals surface area contributed by atoms with Crippen molar-refractivity contribution in [1.82, 2.24) is 9.78 Å². The number of ketones is 1. The summed E-state index contributed by atoms with van der Waals surface area (Å²) in [6, 6.07) is 3.58. The summed E-state index contributed by atoms with van der Waals surface area (Å²) in [5.41, 5.74) is 2.37. The van der Waals surface area contributed by atoms with Gasteiger partial charge in [-0.15, -0.1) is 0 Å². The van der Waals surface area contributed by atoms with Crippen LogP contribution >= 0.6 is 0 Å².